The molecule has 2 heteroatoms. The highest BCUT2D eigenvalue weighted by Crippen LogP contribution is 2.17. The van der Waals surface area contributed by atoms with Crippen LogP contribution in [0.3, 0.4) is 0 Å². The smallest absolute Gasteiger partial charge is 0.0448 e. The van der Waals surface area contributed by atoms with Crippen LogP contribution in [-0.2, 0) is 0 Å². The van der Waals surface area contributed by atoms with Crippen molar-refractivity contribution in [3.8, 4) is 0 Å². The molecule has 0 unspecified atom stereocenters. The first-order chi connectivity index (χ1) is 5.40. The normalized spacial score (nSPS) is 13.0. The van der Waals surface area contributed by atoms with Gasteiger partial charge in [-0.3, -0.25) is 0 Å². The van der Waals surface area contributed by atoms with Crippen LogP contribution in [0.2, 0.25) is 0 Å². The second-order valence-corrected chi connectivity index (χ2v) is 4.56. The molecule has 0 spiro atoms. The van der Waals surface area contributed by atoms with Gasteiger partial charge in [0.05, 0.1) is 0 Å². The summed E-state index contributed by atoms with van der Waals surface area (Å²) in [6, 6.07) is 0. The third-order valence-electron chi connectivity index (χ3n) is 2.40. The molecule has 0 heterocycles. The van der Waals surface area contributed by atoms with Crippen LogP contribution in [0.4, 0.5) is 0 Å². The Labute approximate surface area is 76.6 Å². The largest absolute Gasteiger partial charge is 0.396 e. The molecule has 0 rings (SSSR count). The molecule has 0 aromatic rings. The maximum Gasteiger partial charge on any atom is 0.0448 e. The van der Waals surface area contributed by atoms with Gasteiger partial charge in [-0.25, -0.2) is 0 Å². The zero-order chi connectivity index (χ0) is 9.78. The number of nitrogens with zero attached hydrogens (tertiary/aromatic N) is 1. The van der Waals surface area contributed by atoms with Crippen LogP contribution in [0.15, 0.2) is 0 Å². The Balaban J connectivity index is 3.96. The van der Waals surface area contributed by atoms with Crippen molar-refractivity contribution in [2.24, 2.45) is 5.92 Å². The molecule has 0 saturated heterocycles. The van der Waals surface area contributed by atoms with Crippen molar-refractivity contribution < 1.29 is 5.11 Å². The minimum absolute atomic E-state index is 0.124. The maximum absolute atomic E-state index is 8.86. The summed E-state index contributed by atoms with van der Waals surface area (Å²) in [5.41, 5.74) is 0.124. The Hall–Kier alpha value is -0.0800. The van der Waals surface area contributed by atoms with Crippen LogP contribution in [0.1, 0.15) is 34.1 Å². The highest BCUT2D eigenvalue weighted by molar-refractivity contribution is 4.79. The van der Waals surface area contributed by atoms with E-state index in [0.717, 1.165) is 13.0 Å². The lowest BCUT2D eigenvalue weighted by atomic mass is 9.98. The predicted molar refractivity (Wildman–Crippen MR) is 53.2 cm³/mol. The summed E-state index contributed by atoms with van der Waals surface area (Å²) >= 11 is 0. The molecule has 0 aromatic carbocycles. The Morgan fingerprint density at radius 3 is 2.17 bits per heavy atom. The van der Waals surface area contributed by atoms with Crippen molar-refractivity contribution in [3.63, 3.8) is 0 Å². The van der Waals surface area contributed by atoms with Crippen LogP contribution >= 0.6 is 0 Å². The molecule has 74 valence electrons. The number of hydrogen-bond acceptors (Lipinski definition) is 2. The fourth-order valence-electron chi connectivity index (χ4n) is 1.26. The summed E-state index contributed by atoms with van der Waals surface area (Å²) in [5, 5.41) is 8.86. The molecule has 0 aliphatic rings. The molecule has 0 bridgehead atoms. The Morgan fingerprint density at radius 1 is 1.33 bits per heavy atom. The molecule has 0 aliphatic heterocycles. The van der Waals surface area contributed by atoms with Gasteiger partial charge in [-0.1, -0.05) is 13.8 Å². The Bertz CT molecular complexity index is 121. The Kier molecular flexibility index (Phi) is 4.80. The molecule has 0 radical (unpaired) electrons. The first kappa shape index (κ1) is 11.9. The lowest BCUT2D eigenvalue weighted by Gasteiger charge is -2.36. The van der Waals surface area contributed by atoms with E-state index in [0.29, 0.717) is 5.92 Å². The van der Waals surface area contributed by atoms with Gasteiger partial charge in [-0.05, 0) is 33.2 Å². The molecule has 0 amide bonds. The van der Waals surface area contributed by atoms with Gasteiger partial charge >= 0.3 is 0 Å². The van der Waals surface area contributed by atoms with Crippen LogP contribution in [0.5, 0.6) is 0 Å². The topological polar surface area (TPSA) is 23.5 Å². The van der Waals surface area contributed by atoms with Gasteiger partial charge in [-0.2, -0.15) is 0 Å². The second kappa shape index (κ2) is 4.83. The average molecular weight is 173 g/mol. The fraction of sp³-hybridized carbons (Fsp3) is 1.00. The van der Waals surface area contributed by atoms with Gasteiger partial charge in [0.1, 0.15) is 0 Å². The zero-order valence-electron chi connectivity index (χ0n) is 9.09. The monoisotopic (exact) mass is 173 g/mol. The first-order valence-electron chi connectivity index (χ1n) is 4.72. The van der Waals surface area contributed by atoms with Crippen molar-refractivity contribution >= 4 is 0 Å². The van der Waals surface area contributed by atoms with Crippen LogP contribution < -0.4 is 0 Å². The van der Waals surface area contributed by atoms with E-state index in [2.05, 4.69) is 39.6 Å². The standard InChI is InChI=1S/C10H23NO/c1-9(2)8-11(5)10(3,4)6-7-12/h9,12H,6-8H2,1-5H3. The third-order valence-corrected chi connectivity index (χ3v) is 2.40. The number of aliphatic hydroxyl groups is 1. The molecule has 0 fully saturated rings. The summed E-state index contributed by atoms with van der Waals surface area (Å²) in [4.78, 5) is 2.31. The highest BCUT2D eigenvalue weighted by Gasteiger charge is 2.22. The molecule has 0 saturated carbocycles. The summed E-state index contributed by atoms with van der Waals surface area (Å²) in [6.45, 7) is 10.1. The van der Waals surface area contributed by atoms with Crippen LogP contribution in [0.25, 0.3) is 0 Å². The van der Waals surface area contributed by atoms with Crippen LogP contribution in [0, 0.1) is 5.92 Å². The van der Waals surface area contributed by atoms with E-state index < -0.39 is 0 Å². The lowest BCUT2D eigenvalue weighted by molar-refractivity contribution is 0.105. The molecule has 2 nitrogen and oxygen atoms in total. The zero-order valence-corrected chi connectivity index (χ0v) is 9.09. The molecule has 12 heavy (non-hydrogen) atoms. The Morgan fingerprint density at radius 2 is 1.83 bits per heavy atom. The molecule has 0 atom stereocenters. The van der Waals surface area contributed by atoms with E-state index in [1.807, 2.05) is 0 Å². The lowest BCUT2D eigenvalue weighted by Crippen LogP contribution is -2.43. The van der Waals surface area contributed by atoms with E-state index in [-0.39, 0.29) is 12.1 Å². The van der Waals surface area contributed by atoms with Crippen molar-refractivity contribution in [1.82, 2.24) is 4.90 Å². The third kappa shape index (κ3) is 4.07. The maximum atomic E-state index is 8.86. The molecular weight excluding hydrogens is 150 g/mol. The number of hydrogen-bond donors (Lipinski definition) is 1. The van der Waals surface area contributed by atoms with Gasteiger partial charge < -0.3 is 10.0 Å². The minimum Gasteiger partial charge on any atom is -0.396 e. The summed E-state index contributed by atoms with van der Waals surface area (Å²) in [6.07, 6.45) is 0.843. The predicted octanol–water partition coefficient (Wildman–Crippen LogP) is 1.74. The van der Waals surface area contributed by atoms with Gasteiger partial charge in [0.25, 0.3) is 0 Å². The van der Waals surface area contributed by atoms with E-state index in [4.69, 9.17) is 5.11 Å². The summed E-state index contributed by atoms with van der Waals surface area (Å²) < 4.78 is 0. The van der Waals surface area contributed by atoms with E-state index in [1.165, 1.54) is 0 Å². The van der Waals surface area contributed by atoms with Gasteiger partial charge in [0.15, 0.2) is 0 Å². The van der Waals surface area contributed by atoms with E-state index in [1.54, 1.807) is 0 Å². The molecule has 0 aromatic heterocycles. The molecular formula is C10H23NO. The molecule has 0 aliphatic carbocycles. The summed E-state index contributed by atoms with van der Waals surface area (Å²) in [7, 11) is 2.12. The van der Waals surface area contributed by atoms with Crippen molar-refractivity contribution in [1.29, 1.82) is 0 Å². The van der Waals surface area contributed by atoms with E-state index in [9.17, 15) is 0 Å². The number of aliphatic hydroxyl groups excluding tert-OH is 1. The van der Waals surface area contributed by atoms with Crippen molar-refractivity contribution in [2.45, 2.75) is 39.7 Å². The molecule has 1 N–H and O–H groups in total. The summed E-state index contributed by atoms with van der Waals surface area (Å²) in [5.74, 6) is 0.688. The fourth-order valence-corrected chi connectivity index (χ4v) is 1.26. The van der Waals surface area contributed by atoms with Gasteiger partial charge in [-0.15, -0.1) is 0 Å². The van der Waals surface area contributed by atoms with Crippen molar-refractivity contribution in [3.05, 3.63) is 0 Å². The van der Waals surface area contributed by atoms with E-state index >= 15 is 0 Å². The van der Waals surface area contributed by atoms with Gasteiger partial charge in [0, 0.05) is 18.7 Å². The minimum atomic E-state index is 0.124. The first-order valence-corrected chi connectivity index (χ1v) is 4.72. The van der Waals surface area contributed by atoms with Crippen LogP contribution in [-0.4, -0.2) is 35.7 Å². The quantitative estimate of drug-likeness (QED) is 0.684. The van der Waals surface area contributed by atoms with Gasteiger partial charge in [0.2, 0.25) is 0 Å². The average Bonchev–Trinajstić information content (AvgIpc) is 1.85. The highest BCUT2D eigenvalue weighted by atomic mass is 16.3. The number of rotatable bonds is 5. The second-order valence-electron chi connectivity index (χ2n) is 4.56. The van der Waals surface area contributed by atoms with Crippen molar-refractivity contribution in [2.75, 3.05) is 20.2 Å². The SMILES string of the molecule is CC(C)CN(C)C(C)(C)CCO.